The van der Waals surface area contributed by atoms with Crippen molar-refractivity contribution in [2.45, 2.75) is 65.2 Å². The third kappa shape index (κ3) is 12.4. The van der Waals surface area contributed by atoms with Crippen LogP contribution in [0.5, 0.6) is 0 Å². The fourth-order valence-electron chi connectivity index (χ4n) is 1.39. The van der Waals surface area contributed by atoms with Crippen molar-refractivity contribution in [2.75, 3.05) is 6.54 Å². The lowest BCUT2D eigenvalue weighted by molar-refractivity contribution is -0.164. The van der Waals surface area contributed by atoms with Crippen LogP contribution in [0.3, 0.4) is 0 Å². The number of hydrogen-bond acceptors (Lipinski definition) is 5. The van der Waals surface area contributed by atoms with Crippen LogP contribution in [-0.4, -0.2) is 35.7 Å². The van der Waals surface area contributed by atoms with E-state index in [0.29, 0.717) is 6.54 Å². The van der Waals surface area contributed by atoms with Crippen LogP contribution < -0.4 is 5.32 Å². The van der Waals surface area contributed by atoms with Crippen LogP contribution in [0.4, 0.5) is 0 Å². The number of carbonyl (C=O) groups is 2. The second-order valence-corrected chi connectivity index (χ2v) is 6.57. The lowest BCUT2D eigenvalue weighted by Gasteiger charge is -2.25. The Hall–Kier alpha value is -1.07. The van der Waals surface area contributed by atoms with E-state index < -0.39 is 29.2 Å². The van der Waals surface area contributed by atoms with E-state index in [9.17, 15) is 9.59 Å². The molecule has 0 saturated carbocycles. The van der Waals surface area contributed by atoms with Gasteiger partial charge < -0.3 is 14.8 Å². The number of carbonyl (C=O) groups excluding carboxylic acids is 2. The van der Waals surface area contributed by atoms with Gasteiger partial charge in [0.15, 0.2) is 0 Å². The molecule has 0 bridgehead atoms. The molecular weight excluding hydrogens is 294 g/mol. The van der Waals surface area contributed by atoms with Gasteiger partial charge in [0.05, 0.1) is 6.42 Å². The molecule has 0 fully saturated rings. The Morgan fingerprint density at radius 3 is 1.95 bits per heavy atom. The molecule has 0 spiro atoms. The average Bonchev–Trinajstić information content (AvgIpc) is 2.18. The van der Waals surface area contributed by atoms with E-state index in [-0.39, 0.29) is 18.8 Å². The van der Waals surface area contributed by atoms with Crippen LogP contribution in [-0.2, 0) is 19.1 Å². The van der Waals surface area contributed by atoms with E-state index >= 15 is 0 Å². The summed E-state index contributed by atoms with van der Waals surface area (Å²) in [4.78, 5) is 23.8. The summed E-state index contributed by atoms with van der Waals surface area (Å²) in [5, 5.41) is 2.92. The standard InChI is InChI=1S/C15H27NO4.ClH/c1-8-9-16-11(13(18)20-15(5,6)7)10-12(17)19-14(2,3)4;/h8,11,16H,1,9-10H2,2-7H3;1H/t11-;/m0./s1. The van der Waals surface area contributed by atoms with Gasteiger partial charge >= 0.3 is 11.9 Å². The van der Waals surface area contributed by atoms with E-state index in [1.165, 1.54) is 0 Å². The highest BCUT2D eigenvalue weighted by Gasteiger charge is 2.28. The molecule has 0 saturated heterocycles. The first-order valence-electron chi connectivity index (χ1n) is 6.73. The maximum absolute atomic E-state index is 12.0. The first kappa shape index (κ1) is 22.2. The highest BCUT2D eigenvalue weighted by molar-refractivity contribution is 5.85. The van der Waals surface area contributed by atoms with E-state index in [0.717, 1.165) is 0 Å². The predicted octanol–water partition coefficient (Wildman–Crippen LogP) is 2.63. The molecule has 0 heterocycles. The molecule has 6 heteroatoms. The zero-order valence-electron chi connectivity index (χ0n) is 13.8. The quantitative estimate of drug-likeness (QED) is 0.602. The van der Waals surface area contributed by atoms with Gasteiger partial charge in [-0.15, -0.1) is 19.0 Å². The van der Waals surface area contributed by atoms with Gasteiger partial charge in [0.25, 0.3) is 0 Å². The summed E-state index contributed by atoms with van der Waals surface area (Å²) in [6.07, 6.45) is 1.55. The first-order chi connectivity index (χ1) is 8.94. The minimum atomic E-state index is -0.734. The Kier molecular flexibility index (Phi) is 9.57. The van der Waals surface area contributed by atoms with Crippen molar-refractivity contribution < 1.29 is 19.1 Å². The second kappa shape index (κ2) is 9.05. The Labute approximate surface area is 133 Å². The molecule has 0 aliphatic rings. The number of nitrogens with one attached hydrogen (secondary N) is 1. The van der Waals surface area contributed by atoms with Crippen molar-refractivity contribution in [3.63, 3.8) is 0 Å². The molecule has 0 amide bonds. The normalized spacial score (nSPS) is 12.9. The fourth-order valence-corrected chi connectivity index (χ4v) is 1.39. The molecule has 1 atom stereocenters. The van der Waals surface area contributed by atoms with E-state index in [1.807, 2.05) is 0 Å². The molecular formula is C15H28ClNO4. The molecule has 0 aliphatic carbocycles. The van der Waals surface area contributed by atoms with Gasteiger partial charge in [-0.1, -0.05) is 6.08 Å². The highest BCUT2D eigenvalue weighted by Crippen LogP contribution is 2.13. The van der Waals surface area contributed by atoms with E-state index in [4.69, 9.17) is 9.47 Å². The third-order valence-electron chi connectivity index (χ3n) is 1.99. The van der Waals surface area contributed by atoms with Crippen LogP contribution >= 0.6 is 12.4 Å². The fraction of sp³-hybridized carbons (Fsp3) is 0.733. The summed E-state index contributed by atoms with van der Waals surface area (Å²) in [7, 11) is 0. The van der Waals surface area contributed by atoms with Crippen molar-refractivity contribution >= 4 is 24.3 Å². The van der Waals surface area contributed by atoms with Crippen molar-refractivity contribution in [3.8, 4) is 0 Å². The van der Waals surface area contributed by atoms with E-state index in [1.54, 1.807) is 47.6 Å². The summed E-state index contributed by atoms with van der Waals surface area (Å²) >= 11 is 0. The number of hydrogen-bond donors (Lipinski definition) is 1. The molecule has 1 N–H and O–H groups in total. The van der Waals surface area contributed by atoms with Gasteiger partial charge in [-0.25, -0.2) is 0 Å². The number of esters is 2. The topological polar surface area (TPSA) is 64.6 Å². The lowest BCUT2D eigenvalue weighted by atomic mass is 10.1. The maximum Gasteiger partial charge on any atom is 0.324 e. The van der Waals surface area contributed by atoms with Gasteiger partial charge in [0.1, 0.15) is 17.2 Å². The molecule has 124 valence electrons. The Morgan fingerprint density at radius 2 is 1.57 bits per heavy atom. The SMILES string of the molecule is C=CCN[C@@H](CC(=O)OC(C)(C)C)C(=O)OC(C)(C)C.Cl. The molecule has 0 aromatic heterocycles. The van der Waals surface area contributed by atoms with Crippen molar-refractivity contribution in [2.24, 2.45) is 0 Å². The zero-order valence-corrected chi connectivity index (χ0v) is 14.6. The largest absolute Gasteiger partial charge is 0.460 e. The second-order valence-electron chi connectivity index (χ2n) is 6.57. The van der Waals surface area contributed by atoms with Gasteiger partial charge in [-0.2, -0.15) is 0 Å². The van der Waals surface area contributed by atoms with Gasteiger partial charge in [-0.3, -0.25) is 9.59 Å². The van der Waals surface area contributed by atoms with Gasteiger partial charge in [0.2, 0.25) is 0 Å². The summed E-state index contributed by atoms with van der Waals surface area (Å²) in [6, 6.07) is -0.734. The van der Waals surface area contributed by atoms with Crippen LogP contribution in [0.2, 0.25) is 0 Å². The van der Waals surface area contributed by atoms with Gasteiger partial charge in [-0.05, 0) is 41.5 Å². The van der Waals surface area contributed by atoms with Crippen molar-refractivity contribution in [1.82, 2.24) is 5.32 Å². The maximum atomic E-state index is 12.0. The summed E-state index contributed by atoms with van der Waals surface area (Å²) < 4.78 is 10.5. The Morgan fingerprint density at radius 1 is 1.10 bits per heavy atom. The molecule has 5 nitrogen and oxygen atoms in total. The van der Waals surface area contributed by atoms with Crippen LogP contribution in [0, 0.1) is 0 Å². The molecule has 0 aromatic rings. The van der Waals surface area contributed by atoms with E-state index in [2.05, 4.69) is 11.9 Å². The lowest BCUT2D eigenvalue weighted by Crippen LogP contribution is -2.43. The van der Waals surface area contributed by atoms with Crippen molar-refractivity contribution in [3.05, 3.63) is 12.7 Å². The zero-order chi connectivity index (χ0) is 16.0. The highest BCUT2D eigenvalue weighted by atomic mass is 35.5. The van der Waals surface area contributed by atoms with Crippen LogP contribution in [0.25, 0.3) is 0 Å². The number of ether oxygens (including phenoxy) is 2. The van der Waals surface area contributed by atoms with Crippen LogP contribution in [0.15, 0.2) is 12.7 Å². The summed E-state index contributed by atoms with van der Waals surface area (Å²) in [6.45, 7) is 14.7. The Bertz CT molecular complexity index is 356. The average molecular weight is 322 g/mol. The molecule has 0 rings (SSSR count). The third-order valence-corrected chi connectivity index (χ3v) is 1.99. The molecule has 0 radical (unpaired) electrons. The minimum absolute atomic E-state index is 0. The number of rotatable bonds is 6. The molecule has 21 heavy (non-hydrogen) atoms. The number of halogens is 1. The summed E-state index contributed by atoms with van der Waals surface area (Å²) in [5.41, 5.74) is -1.17. The van der Waals surface area contributed by atoms with Gasteiger partial charge in [0, 0.05) is 6.54 Å². The molecule has 0 aliphatic heterocycles. The summed E-state index contributed by atoms with van der Waals surface area (Å²) in [5.74, 6) is -0.907. The molecule has 0 aromatic carbocycles. The predicted molar refractivity (Wildman–Crippen MR) is 85.5 cm³/mol. The monoisotopic (exact) mass is 321 g/mol. The van der Waals surface area contributed by atoms with Crippen LogP contribution in [0.1, 0.15) is 48.0 Å². The molecule has 0 unspecified atom stereocenters. The smallest absolute Gasteiger partial charge is 0.324 e. The van der Waals surface area contributed by atoms with Crippen molar-refractivity contribution in [1.29, 1.82) is 0 Å². The Balaban J connectivity index is 0. The minimum Gasteiger partial charge on any atom is -0.460 e. The first-order valence-corrected chi connectivity index (χ1v) is 6.73.